The van der Waals surface area contributed by atoms with Gasteiger partial charge in [-0.3, -0.25) is 10.1 Å². The molecule has 106 valence electrons. The molecule has 0 bridgehead atoms. The van der Waals surface area contributed by atoms with Crippen LogP contribution in [0.1, 0.15) is 23.1 Å². The van der Waals surface area contributed by atoms with Gasteiger partial charge in [0.2, 0.25) is 0 Å². The lowest BCUT2D eigenvalue weighted by Gasteiger charge is -2.17. The zero-order valence-corrected chi connectivity index (χ0v) is 11.7. The number of hydrogen-bond donors (Lipinski definition) is 0. The Morgan fingerprint density at radius 1 is 1.14 bits per heavy atom. The molecule has 0 aromatic heterocycles. The Labute approximate surface area is 122 Å². The average Bonchev–Trinajstić information content (AvgIpc) is 2.53. The van der Waals surface area contributed by atoms with Crippen molar-refractivity contribution in [2.45, 2.75) is 12.8 Å². The Hall–Kier alpha value is -2.62. The number of nitro benzene ring substituents is 1. The molecular formula is C17H15NO3. The highest BCUT2D eigenvalue weighted by Gasteiger charge is 2.19. The summed E-state index contributed by atoms with van der Waals surface area (Å²) in [5, 5.41) is 11.2. The maximum atomic E-state index is 11.2. The number of fused-ring (bicyclic) bond motifs is 1. The maximum absolute atomic E-state index is 11.2. The van der Waals surface area contributed by atoms with Gasteiger partial charge in [-0.2, -0.15) is 0 Å². The zero-order chi connectivity index (χ0) is 14.8. The molecule has 2 aromatic rings. The van der Waals surface area contributed by atoms with Crippen LogP contribution in [0.25, 0.3) is 11.6 Å². The summed E-state index contributed by atoms with van der Waals surface area (Å²) in [5.74, 6) is 0.844. The number of hydrogen-bond acceptors (Lipinski definition) is 3. The van der Waals surface area contributed by atoms with E-state index in [2.05, 4.69) is 0 Å². The van der Waals surface area contributed by atoms with E-state index in [0.29, 0.717) is 5.56 Å². The number of nitro groups is 1. The van der Waals surface area contributed by atoms with Gasteiger partial charge in [0, 0.05) is 6.07 Å². The van der Waals surface area contributed by atoms with Crippen molar-refractivity contribution in [1.82, 2.24) is 0 Å². The van der Waals surface area contributed by atoms with Gasteiger partial charge in [-0.25, -0.2) is 0 Å². The van der Waals surface area contributed by atoms with Crippen molar-refractivity contribution in [2.24, 2.45) is 0 Å². The predicted molar refractivity (Wildman–Crippen MR) is 82.3 cm³/mol. The first-order chi connectivity index (χ1) is 10.2. The Bertz CT molecular complexity index is 735. The summed E-state index contributed by atoms with van der Waals surface area (Å²) >= 11 is 0. The topological polar surface area (TPSA) is 52.4 Å². The first-order valence-corrected chi connectivity index (χ1v) is 6.80. The number of ether oxygens (including phenoxy) is 1. The number of para-hydroxylation sites is 1. The molecule has 21 heavy (non-hydrogen) atoms. The van der Waals surface area contributed by atoms with Crippen molar-refractivity contribution in [2.75, 3.05) is 7.11 Å². The summed E-state index contributed by atoms with van der Waals surface area (Å²) in [6.45, 7) is 0. The van der Waals surface area contributed by atoms with E-state index in [1.54, 1.807) is 19.2 Å². The van der Waals surface area contributed by atoms with E-state index < -0.39 is 0 Å². The molecule has 0 unspecified atom stereocenters. The molecule has 4 nitrogen and oxygen atoms in total. The third kappa shape index (κ3) is 2.52. The number of rotatable bonds is 3. The highest BCUT2D eigenvalue weighted by atomic mass is 16.6. The summed E-state index contributed by atoms with van der Waals surface area (Å²) in [5.41, 5.74) is 4.22. The molecule has 0 heterocycles. The molecule has 0 atom stereocenters. The van der Waals surface area contributed by atoms with Crippen molar-refractivity contribution in [3.8, 4) is 5.75 Å². The Morgan fingerprint density at radius 3 is 2.71 bits per heavy atom. The van der Waals surface area contributed by atoms with Gasteiger partial charge in [0.05, 0.1) is 17.6 Å². The molecule has 0 amide bonds. The molecule has 0 N–H and O–H groups in total. The summed E-state index contributed by atoms with van der Waals surface area (Å²) in [6.07, 6.45) is 3.70. The Kier molecular flexibility index (Phi) is 3.44. The molecule has 1 aliphatic rings. The van der Waals surface area contributed by atoms with Crippen LogP contribution in [0.2, 0.25) is 0 Å². The molecule has 0 aliphatic heterocycles. The number of nitrogens with zero attached hydrogens (tertiary/aromatic N) is 1. The van der Waals surface area contributed by atoms with Crippen LogP contribution in [0.15, 0.2) is 42.5 Å². The highest BCUT2D eigenvalue weighted by molar-refractivity contribution is 5.87. The molecule has 2 aromatic carbocycles. The summed E-state index contributed by atoms with van der Waals surface area (Å²) in [7, 11) is 1.65. The summed E-state index contributed by atoms with van der Waals surface area (Å²) in [4.78, 5) is 10.8. The Morgan fingerprint density at radius 2 is 1.95 bits per heavy atom. The van der Waals surface area contributed by atoms with E-state index in [9.17, 15) is 10.1 Å². The SMILES string of the molecule is COc1ccc2c(c1)CCC(c1ccccc1[N+](=O)[O-])=C2. The lowest BCUT2D eigenvalue weighted by molar-refractivity contribution is -0.385. The highest BCUT2D eigenvalue weighted by Crippen LogP contribution is 2.35. The number of benzene rings is 2. The van der Waals surface area contributed by atoms with E-state index in [0.717, 1.165) is 29.7 Å². The molecule has 0 fully saturated rings. The molecule has 1 aliphatic carbocycles. The lowest BCUT2D eigenvalue weighted by Crippen LogP contribution is -2.02. The van der Waals surface area contributed by atoms with E-state index in [1.165, 1.54) is 5.56 Å². The van der Waals surface area contributed by atoms with E-state index in [4.69, 9.17) is 4.74 Å². The van der Waals surface area contributed by atoms with Crippen LogP contribution < -0.4 is 4.74 Å². The number of methoxy groups -OCH3 is 1. The quantitative estimate of drug-likeness (QED) is 0.629. The van der Waals surface area contributed by atoms with Gasteiger partial charge in [0.15, 0.2) is 0 Å². The third-order valence-corrected chi connectivity index (χ3v) is 3.79. The van der Waals surface area contributed by atoms with Crippen LogP contribution in [-0.2, 0) is 6.42 Å². The van der Waals surface area contributed by atoms with Gasteiger partial charge in [-0.1, -0.05) is 24.3 Å². The van der Waals surface area contributed by atoms with Crippen LogP contribution in [0.4, 0.5) is 5.69 Å². The second-order valence-corrected chi connectivity index (χ2v) is 5.01. The largest absolute Gasteiger partial charge is 0.497 e. The average molecular weight is 281 g/mol. The fraction of sp³-hybridized carbons (Fsp3) is 0.176. The molecule has 4 heteroatoms. The van der Waals surface area contributed by atoms with Gasteiger partial charge >= 0.3 is 0 Å². The van der Waals surface area contributed by atoms with Crippen LogP contribution in [0.3, 0.4) is 0 Å². The molecular weight excluding hydrogens is 266 g/mol. The number of aryl methyl sites for hydroxylation is 1. The van der Waals surface area contributed by atoms with Crippen molar-refractivity contribution >= 4 is 17.3 Å². The van der Waals surface area contributed by atoms with Gasteiger partial charge in [-0.15, -0.1) is 0 Å². The lowest BCUT2D eigenvalue weighted by atomic mass is 9.88. The summed E-state index contributed by atoms with van der Waals surface area (Å²) in [6, 6.07) is 12.9. The summed E-state index contributed by atoms with van der Waals surface area (Å²) < 4.78 is 5.23. The van der Waals surface area contributed by atoms with Gasteiger partial charge in [0.1, 0.15) is 5.75 Å². The van der Waals surface area contributed by atoms with E-state index in [-0.39, 0.29) is 10.6 Å². The minimum absolute atomic E-state index is 0.167. The van der Waals surface area contributed by atoms with Crippen molar-refractivity contribution in [3.05, 3.63) is 69.3 Å². The van der Waals surface area contributed by atoms with E-state index in [1.807, 2.05) is 36.4 Å². The van der Waals surface area contributed by atoms with E-state index >= 15 is 0 Å². The minimum atomic E-state index is -0.320. The van der Waals surface area contributed by atoms with Gasteiger partial charge < -0.3 is 4.74 Å². The minimum Gasteiger partial charge on any atom is -0.497 e. The smallest absolute Gasteiger partial charge is 0.276 e. The predicted octanol–water partition coefficient (Wildman–Crippen LogP) is 4.09. The van der Waals surface area contributed by atoms with Gasteiger partial charge in [0.25, 0.3) is 5.69 Å². The van der Waals surface area contributed by atoms with Gasteiger partial charge in [-0.05, 0) is 47.7 Å². The second kappa shape index (κ2) is 5.40. The van der Waals surface area contributed by atoms with Crippen molar-refractivity contribution < 1.29 is 9.66 Å². The first-order valence-electron chi connectivity index (χ1n) is 6.80. The third-order valence-electron chi connectivity index (χ3n) is 3.79. The fourth-order valence-corrected chi connectivity index (χ4v) is 2.71. The van der Waals surface area contributed by atoms with Crippen LogP contribution in [0, 0.1) is 10.1 Å². The standard InChI is InChI=1S/C17H15NO3/c1-21-15-9-8-12-10-14(7-6-13(12)11-15)16-4-2-3-5-17(16)18(19)20/h2-5,8-11H,6-7H2,1H3. The first kappa shape index (κ1) is 13.4. The zero-order valence-electron chi connectivity index (χ0n) is 11.7. The van der Waals surface area contributed by atoms with Crippen LogP contribution in [0.5, 0.6) is 5.75 Å². The maximum Gasteiger partial charge on any atom is 0.276 e. The second-order valence-electron chi connectivity index (χ2n) is 5.01. The monoisotopic (exact) mass is 281 g/mol. The normalized spacial score (nSPS) is 13.3. The van der Waals surface area contributed by atoms with Crippen LogP contribution in [-0.4, -0.2) is 12.0 Å². The van der Waals surface area contributed by atoms with Crippen molar-refractivity contribution in [1.29, 1.82) is 0 Å². The molecule has 0 saturated carbocycles. The molecule has 0 spiro atoms. The Balaban J connectivity index is 2.05. The molecule has 0 radical (unpaired) electrons. The molecule has 0 saturated heterocycles. The van der Waals surface area contributed by atoms with Crippen LogP contribution >= 0.6 is 0 Å². The number of allylic oxidation sites excluding steroid dienone is 1. The fourth-order valence-electron chi connectivity index (χ4n) is 2.71. The van der Waals surface area contributed by atoms with Crippen molar-refractivity contribution in [3.63, 3.8) is 0 Å². The molecule has 3 rings (SSSR count).